The van der Waals surface area contributed by atoms with Crippen LogP contribution in [0.5, 0.6) is 0 Å². The average Bonchev–Trinajstić information content (AvgIpc) is 3.07. The third kappa shape index (κ3) is 6.41. The maximum atomic E-state index is 12.3. The Hall–Kier alpha value is -2.68. The van der Waals surface area contributed by atoms with Gasteiger partial charge in [0.05, 0.1) is 0 Å². The van der Waals surface area contributed by atoms with E-state index in [1.807, 2.05) is 48.5 Å². The van der Waals surface area contributed by atoms with E-state index in [-0.39, 0.29) is 31.1 Å². The molecule has 1 amide bonds. The number of hydrogen-bond acceptors (Lipinski definition) is 4. The number of carboxylic acids is 1. The summed E-state index contributed by atoms with van der Waals surface area (Å²) >= 11 is 1.23. The van der Waals surface area contributed by atoms with Crippen molar-refractivity contribution in [2.75, 3.05) is 18.1 Å². The summed E-state index contributed by atoms with van der Waals surface area (Å²) < 4.78 is 41.8. The number of fused-ring (bicyclic) bond motifs is 3. The van der Waals surface area contributed by atoms with Crippen LogP contribution in [0.15, 0.2) is 48.5 Å². The Morgan fingerprint density at radius 1 is 1.03 bits per heavy atom. The number of aliphatic carboxylic acids is 1. The number of alkyl carbamates (subject to hydrolysis) is 1. The molecule has 3 rings (SSSR count). The molecule has 0 saturated carbocycles. The van der Waals surface area contributed by atoms with E-state index in [0.717, 1.165) is 22.3 Å². The highest BCUT2D eigenvalue weighted by atomic mass is 32.2. The summed E-state index contributed by atoms with van der Waals surface area (Å²) in [5, 5.41) is 11.7. The fourth-order valence-corrected chi connectivity index (χ4v) is 4.67. The number of benzene rings is 2. The van der Waals surface area contributed by atoms with Crippen LogP contribution in [0.1, 0.15) is 36.3 Å². The fourth-order valence-electron chi connectivity index (χ4n) is 3.72. The molecule has 2 N–H and O–H groups in total. The monoisotopic (exact) mass is 467 g/mol. The van der Waals surface area contributed by atoms with Crippen molar-refractivity contribution < 1.29 is 32.6 Å². The smallest absolute Gasteiger partial charge is 0.407 e. The Morgan fingerprint density at radius 3 is 2.19 bits per heavy atom. The van der Waals surface area contributed by atoms with E-state index in [1.54, 1.807) is 0 Å². The Bertz CT molecular complexity index is 905. The van der Waals surface area contributed by atoms with Gasteiger partial charge >= 0.3 is 18.2 Å². The van der Waals surface area contributed by atoms with Gasteiger partial charge in [0.1, 0.15) is 12.6 Å². The van der Waals surface area contributed by atoms with Gasteiger partial charge < -0.3 is 15.2 Å². The highest BCUT2D eigenvalue weighted by Crippen LogP contribution is 2.44. The van der Waals surface area contributed by atoms with Crippen molar-refractivity contribution in [2.45, 2.75) is 37.4 Å². The SMILES string of the molecule is O=C(NC(CCSCCCC(F)(F)F)C(=O)O)OCC1c2ccccc2-c2ccccc21. The lowest BCUT2D eigenvalue weighted by Crippen LogP contribution is -2.41. The van der Waals surface area contributed by atoms with Crippen LogP contribution < -0.4 is 5.32 Å². The summed E-state index contributed by atoms with van der Waals surface area (Å²) in [5.74, 6) is -0.759. The predicted octanol–water partition coefficient (Wildman–Crippen LogP) is 5.44. The maximum Gasteiger partial charge on any atom is 0.407 e. The summed E-state index contributed by atoms with van der Waals surface area (Å²) in [6, 6.07) is 14.6. The molecule has 0 aliphatic heterocycles. The molecule has 0 heterocycles. The van der Waals surface area contributed by atoms with Crippen LogP contribution in [-0.2, 0) is 9.53 Å². The molecule has 0 radical (unpaired) electrons. The minimum atomic E-state index is -4.18. The van der Waals surface area contributed by atoms with Crippen molar-refractivity contribution in [3.8, 4) is 11.1 Å². The molecule has 2 aromatic carbocycles. The average molecular weight is 468 g/mol. The molecule has 0 bridgehead atoms. The fraction of sp³-hybridized carbons (Fsp3) is 0.391. The van der Waals surface area contributed by atoms with Crippen molar-refractivity contribution in [3.05, 3.63) is 59.7 Å². The highest BCUT2D eigenvalue weighted by molar-refractivity contribution is 7.99. The molecule has 1 aliphatic rings. The molecule has 0 aromatic heterocycles. The van der Waals surface area contributed by atoms with E-state index in [4.69, 9.17) is 4.74 Å². The minimum absolute atomic E-state index is 0.0221. The topological polar surface area (TPSA) is 75.6 Å². The quantitative estimate of drug-likeness (QED) is 0.455. The number of halogens is 3. The number of amides is 1. The summed E-state index contributed by atoms with van der Waals surface area (Å²) in [5.41, 5.74) is 4.27. The van der Waals surface area contributed by atoms with Crippen LogP contribution in [0.4, 0.5) is 18.0 Å². The van der Waals surface area contributed by atoms with Gasteiger partial charge in [-0.1, -0.05) is 48.5 Å². The van der Waals surface area contributed by atoms with Crippen LogP contribution in [0.2, 0.25) is 0 Å². The van der Waals surface area contributed by atoms with E-state index in [2.05, 4.69) is 5.32 Å². The molecule has 5 nitrogen and oxygen atoms in total. The van der Waals surface area contributed by atoms with Crippen molar-refractivity contribution >= 4 is 23.8 Å². The van der Waals surface area contributed by atoms with Crippen LogP contribution >= 0.6 is 11.8 Å². The number of carboxylic acid groups (broad SMARTS) is 1. The number of ether oxygens (including phenoxy) is 1. The van der Waals surface area contributed by atoms with Gasteiger partial charge in [0.2, 0.25) is 0 Å². The second kappa shape index (κ2) is 10.8. The molecule has 1 unspecified atom stereocenters. The van der Waals surface area contributed by atoms with E-state index < -0.39 is 30.7 Å². The first-order valence-electron chi connectivity index (χ1n) is 10.2. The first-order valence-corrected chi connectivity index (χ1v) is 11.4. The third-order valence-corrected chi connectivity index (χ3v) is 6.34. The Morgan fingerprint density at radius 2 is 1.62 bits per heavy atom. The number of thioether (sulfide) groups is 1. The highest BCUT2D eigenvalue weighted by Gasteiger charge is 2.30. The molecular formula is C23H24F3NO4S. The predicted molar refractivity (Wildman–Crippen MR) is 117 cm³/mol. The lowest BCUT2D eigenvalue weighted by molar-refractivity contribution is -0.139. The second-order valence-corrected chi connectivity index (χ2v) is 8.71. The summed E-state index contributed by atoms with van der Waals surface area (Å²) in [6.07, 6.45) is -5.81. The van der Waals surface area contributed by atoms with E-state index in [0.29, 0.717) is 5.75 Å². The van der Waals surface area contributed by atoms with Gasteiger partial charge in [0.25, 0.3) is 0 Å². The largest absolute Gasteiger partial charge is 0.480 e. The zero-order valence-electron chi connectivity index (χ0n) is 17.2. The zero-order chi connectivity index (χ0) is 23.1. The van der Waals surface area contributed by atoms with Gasteiger partial charge in [-0.3, -0.25) is 0 Å². The molecule has 1 atom stereocenters. The minimum Gasteiger partial charge on any atom is -0.480 e. The van der Waals surface area contributed by atoms with Crippen molar-refractivity contribution in [2.24, 2.45) is 0 Å². The molecule has 1 aliphatic carbocycles. The Balaban J connectivity index is 1.48. The van der Waals surface area contributed by atoms with Gasteiger partial charge in [0.15, 0.2) is 0 Å². The van der Waals surface area contributed by atoms with Crippen LogP contribution in [0, 0.1) is 0 Å². The first-order chi connectivity index (χ1) is 15.3. The summed E-state index contributed by atoms with van der Waals surface area (Å²) in [4.78, 5) is 23.7. The number of hydrogen-bond donors (Lipinski definition) is 2. The molecule has 0 saturated heterocycles. The lowest BCUT2D eigenvalue weighted by Gasteiger charge is -2.17. The van der Waals surface area contributed by atoms with Crippen molar-refractivity contribution in [3.63, 3.8) is 0 Å². The number of alkyl halides is 3. The van der Waals surface area contributed by atoms with Crippen LogP contribution in [0.25, 0.3) is 11.1 Å². The van der Waals surface area contributed by atoms with Crippen LogP contribution in [-0.4, -0.2) is 47.5 Å². The summed E-state index contributed by atoms with van der Waals surface area (Å²) in [7, 11) is 0. The summed E-state index contributed by atoms with van der Waals surface area (Å²) in [6.45, 7) is 0.0678. The van der Waals surface area contributed by atoms with Crippen LogP contribution in [0.3, 0.4) is 0 Å². The molecule has 0 fully saturated rings. The van der Waals surface area contributed by atoms with Gasteiger partial charge in [-0.25, -0.2) is 9.59 Å². The third-order valence-electron chi connectivity index (χ3n) is 5.23. The van der Waals surface area contributed by atoms with Gasteiger partial charge in [0, 0.05) is 12.3 Å². The normalized spacial score (nSPS) is 13.8. The standard InChI is InChI=1S/C23H24F3NO4S/c24-23(25,26)11-5-12-32-13-10-20(21(28)29)27-22(30)31-14-19-17-8-3-1-6-15(17)16-7-2-4-9-18(16)19/h1-4,6-9,19-20H,5,10-14H2,(H,27,30)(H,28,29). The van der Waals surface area contributed by atoms with E-state index in [9.17, 15) is 27.9 Å². The lowest BCUT2D eigenvalue weighted by atomic mass is 9.98. The van der Waals surface area contributed by atoms with Crippen molar-refractivity contribution in [1.82, 2.24) is 5.32 Å². The molecule has 172 valence electrons. The number of carbonyl (C=O) groups excluding carboxylic acids is 1. The van der Waals surface area contributed by atoms with E-state index in [1.165, 1.54) is 11.8 Å². The molecular weight excluding hydrogens is 443 g/mol. The van der Waals surface area contributed by atoms with Gasteiger partial charge in [-0.15, -0.1) is 0 Å². The van der Waals surface area contributed by atoms with Crippen molar-refractivity contribution in [1.29, 1.82) is 0 Å². The van der Waals surface area contributed by atoms with E-state index >= 15 is 0 Å². The first kappa shape index (κ1) is 24.0. The second-order valence-electron chi connectivity index (χ2n) is 7.48. The van der Waals surface area contributed by atoms with Gasteiger partial charge in [-0.2, -0.15) is 24.9 Å². The zero-order valence-corrected chi connectivity index (χ0v) is 18.0. The Labute approximate surface area is 188 Å². The molecule has 2 aromatic rings. The number of carbonyl (C=O) groups is 2. The number of nitrogens with one attached hydrogen (secondary N) is 1. The number of rotatable bonds is 10. The maximum absolute atomic E-state index is 12.3. The molecule has 32 heavy (non-hydrogen) atoms. The molecule has 0 spiro atoms. The molecule has 9 heteroatoms. The Kier molecular flexibility index (Phi) is 8.06. The van der Waals surface area contributed by atoms with Gasteiger partial charge in [-0.05, 0) is 46.6 Å².